The van der Waals surface area contributed by atoms with Crippen LogP contribution in [-0.4, -0.2) is 30.5 Å². The van der Waals surface area contributed by atoms with Crippen LogP contribution in [0.4, 0.5) is 0 Å². The Hall–Kier alpha value is -1.10. The fraction of sp³-hybridized carbons (Fsp3) is 0.654. The van der Waals surface area contributed by atoms with E-state index in [1.807, 2.05) is 11.8 Å². The SMILES string of the molecule is C[C@]12CCC(=O)C(CSc3ccccc3)=C1CC[C@H]1CC3C[C@@]12CCC31OCCO1. The topological polar surface area (TPSA) is 35.5 Å². The lowest BCUT2D eigenvalue weighted by Gasteiger charge is -2.59. The third-order valence-corrected chi connectivity index (χ3v) is 10.5. The summed E-state index contributed by atoms with van der Waals surface area (Å²) in [5.74, 6) is 2.24. The van der Waals surface area contributed by atoms with Crippen LogP contribution in [0.3, 0.4) is 0 Å². The molecule has 0 N–H and O–H groups in total. The van der Waals surface area contributed by atoms with Crippen LogP contribution in [0, 0.1) is 22.7 Å². The maximum atomic E-state index is 13.1. The Labute approximate surface area is 184 Å². The average Bonchev–Trinajstić information content (AvgIpc) is 3.36. The Morgan fingerprint density at radius 2 is 1.83 bits per heavy atom. The second-order valence-corrected chi connectivity index (χ2v) is 11.4. The molecule has 1 heterocycles. The van der Waals surface area contributed by atoms with E-state index in [0.717, 1.165) is 56.1 Å². The molecule has 3 nitrogen and oxygen atoms in total. The van der Waals surface area contributed by atoms with Crippen molar-refractivity contribution in [3.05, 3.63) is 41.5 Å². The lowest BCUT2D eigenvalue weighted by molar-refractivity contribution is -0.221. The van der Waals surface area contributed by atoms with Crippen LogP contribution in [0.15, 0.2) is 46.4 Å². The van der Waals surface area contributed by atoms with Crippen LogP contribution >= 0.6 is 11.8 Å². The van der Waals surface area contributed by atoms with Gasteiger partial charge in [-0.1, -0.05) is 30.7 Å². The van der Waals surface area contributed by atoms with E-state index in [1.54, 1.807) is 0 Å². The molecule has 0 amide bonds. The van der Waals surface area contributed by atoms with E-state index in [0.29, 0.717) is 17.1 Å². The fourth-order valence-corrected chi connectivity index (χ4v) is 8.99. The van der Waals surface area contributed by atoms with E-state index < -0.39 is 0 Å². The van der Waals surface area contributed by atoms with Gasteiger partial charge in [0, 0.05) is 35.0 Å². The number of fused-ring (bicyclic) bond motifs is 3. The largest absolute Gasteiger partial charge is 0.347 e. The van der Waals surface area contributed by atoms with E-state index in [4.69, 9.17) is 9.47 Å². The molecule has 0 radical (unpaired) electrons. The highest BCUT2D eigenvalue weighted by Gasteiger charge is 2.68. The summed E-state index contributed by atoms with van der Waals surface area (Å²) in [6.07, 6.45) is 8.84. The lowest BCUT2D eigenvalue weighted by Crippen LogP contribution is -2.53. The molecule has 4 fully saturated rings. The molecule has 3 saturated carbocycles. The van der Waals surface area contributed by atoms with Gasteiger partial charge < -0.3 is 9.47 Å². The maximum absolute atomic E-state index is 13.1. The van der Waals surface area contributed by atoms with Crippen molar-refractivity contribution < 1.29 is 14.3 Å². The molecule has 4 heteroatoms. The Morgan fingerprint density at radius 1 is 1.03 bits per heavy atom. The number of allylic oxidation sites excluding steroid dienone is 1. The summed E-state index contributed by atoms with van der Waals surface area (Å²) in [7, 11) is 0. The van der Waals surface area contributed by atoms with Gasteiger partial charge in [0.25, 0.3) is 0 Å². The number of benzene rings is 1. The minimum absolute atomic E-state index is 0.172. The summed E-state index contributed by atoms with van der Waals surface area (Å²) in [5, 5.41) is 0. The zero-order chi connectivity index (χ0) is 20.4. The average molecular weight is 425 g/mol. The van der Waals surface area contributed by atoms with Gasteiger partial charge in [-0.3, -0.25) is 4.79 Å². The molecule has 160 valence electrons. The number of thioether (sulfide) groups is 1. The zero-order valence-corrected chi connectivity index (χ0v) is 18.8. The van der Waals surface area contributed by atoms with E-state index >= 15 is 0 Å². The smallest absolute Gasteiger partial charge is 0.171 e. The minimum Gasteiger partial charge on any atom is -0.347 e. The number of ketones is 1. The van der Waals surface area contributed by atoms with Gasteiger partial charge in [0.15, 0.2) is 11.6 Å². The van der Waals surface area contributed by atoms with Crippen molar-refractivity contribution in [1.29, 1.82) is 0 Å². The molecule has 6 rings (SSSR count). The number of carbonyl (C=O) groups is 1. The van der Waals surface area contributed by atoms with Crippen LogP contribution in [0.1, 0.15) is 58.3 Å². The van der Waals surface area contributed by atoms with Crippen molar-refractivity contribution in [2.75, 3.05) is 19.0 Å². The monoisotopic (exact) mass is 424 g/mol. The predicted molar refractivity (Wildman–Crippen MR) is 118 cm³/mol. The van der Waals surface area contributed by atoms with Gasteiger partial charge in [-0.05, 0) is 67.4 Å². The van der Waals surface area contributed by atoms with Gasteiger partial charge in [0.1, 0.15) is 0 Å². The Balaban J connectivity index is 1.34. The molecule has 0 aromatic heterocycles. The first-order valence-electron chi connectivity index (χ1n) is 11.8. The molecular formula is C26H32O3S. The van der Waals surface area contributed by atoms with Crippen LogP contribution in [0.5, 0.6) is 0 Å². The molecule has 4 atom stereocenters. The zero-order valence-electron chi connectivity index (χ0n) is 18.0. The second kappa shape index (κ2) is 6.95. The van der Waals surface area contributed by atoms with Gasteiger partial charge in [-0.25, -0.2) is 0 Å². The molecule has 1 aromatic carbocycles. The molecule has 4 aliphatic carbocycles. The van der Waals surface area contributed by atoms with Gasteiger partial charge in [-0.2, -0.15) is 0 Å². The van der Waals surface area contributed by atoms with Gasteiger partial charge in [0.05, 0.1) is 13.2 Å². The standard InChI is InChI=1S/C26H32O3S/c1-24-10-9-23(27)21(17-30-20-5-3-2-4-6-20)22(24)8-7-18-15-19-16-25(18,24)11-12-26(19)28-13-14-29-26/h2-6,18-19H,7-17H2,1H3/t18-,19?,24-,25-/m0/s1. The highest BCUT2D eigenvalue weighted by Crippen LogP contribution is 2.73. The summed E-state index contributed by atoms with van der Waals surface area (Å²) in [6, 6.07) is 10.5. The van der Waals surface area contributed by atoms with Crippen LogP contribution < -0.4 is 0 Å². The molecular weight excluding hydrogens is 392 g/mol. The van der Waals surface area contributed by atoms with Gasteiger partial charge >= 0.3 is 0 Å². The first-order chi connectivity index (χ1) is 14.6. The summed E-state index contributed by atoms with van der Waals surface area (Å²) < 4.78 is 12.4. The van der Waals surface area contributed by atoms with Crippen LogP contribution in [0.25, 0.3) is 0 Å². The predicted octanol–water partition coefficient (Wildman–Crippen LogP) is 5.79. The molecule has 5 aliphatic rings. The highest BCUT2D eigenvalue weighted by atomic mass is 32.2. The number of carbonyl (C=O) groups excluding carboxylic acids is 1. The third kappa shape index (κ3) is 2.63. The second-order valence-electron chi connectivity index (χ2n) is 10.4. The van der Waals surface area contributed by atoms with Gasteiger partial charge in [0.2, 0.25) is 0 Å². The summed E-state index contributed by atoms with van der Waals surface area (Å²) in [4.78, 5) is 14.3. The van der Waals surface area contributed by atoms with Crippen molar-refractivity contribution in [2.24, 2.45) is 22.7 Å². The summed E-state index contributed by atoms with van der Waals surface area (Å²) in [5.41, 5.74) is 3.19. The number of rotatable bonds is 3. The van der Waals surface area contributed by atoms with Crippen molar-refractivity contribution >= 4 is 17.5 Å². The van der Waals surface area contributed by atoms with Crippen molar-refractivity contribution in [3.63, 3.8) is 0 Å². The van der Waals surface area contributed by atoms with Crippen molar-refractivity contribution in [1.82, 2.24) is 0 Å². The number of hydrogen-bond acceptors (Lipinski definition) is 4. The number of ether oxygens (including phenoxy) is 2. The van der Waals surface area contributed by atoms with Gasteiger partial charge in [-0.15, -0.1) is 11.8 Å². The van der Waals surface area contributed by atoms with E-state index in [1.165, 1.54) is 36.2 Å². The normalized spacial score (nSPS) is 39.3. The minimum atomic E-state index is -0.292. The Morgan fingerprint density at radius 3 is 2.63 bits per heavy atom. The molecule has 1 aliphatic heterocycles. The van der Waals surface area contributed by atoms with Crippen LogP contribution in [-0.2, 0) is 14.3 Å². The molecule has 2 spiro atoms. The third-order valence-electron chi connectivity index (χ3n) is 9.47. The first-order valence-corrected chi connectivity index (χ1v) is 12.8. The van der Waals surface area contributed by atoms with Crippen molar-refractivity contribution in [2.45, 2.75) is 69.0 Å². The molecule has 30 heavy (non-hydrogen) atoms. The summed E-state index contributed by atoms with van der Waals surface area (Å²) >= 11 is 1.83. The van der Waals surface area contributed by atoms with Crippen LogP contribution in [0.2, 0.25) is 0 Å². The molecule has 1 saturated heterocycles. The quantitative estimate of drug-likeness (QED) is 0.576. The van der Waals surface area contributed by atoms with E-state index in [2.05, 4.69) is 37.3 Å². The summed E-state index contributed by atoms with van der Waals surface area (Å²) in [6.45, 7) is 4.03. The van der Waals surface area contributed by atoms with Crippen molar-refractivity contribution in [3.8, 4) is 0 Å². The first kappa shape index (κ1) is 19.6. The van der Waals surface area contributed by atoms with E-state index in [-0.39, 0.29) is 11.2 Å². The highest BCUT2D eigenvalue weighted by molar-refractivity contribution is 7.99. The fourth-order valence-electron chi connectivity index (χ4n) is 8.00. The molecule has 1 unspecified atom stereocenters. The number of Topliss-reactive ketones (excluding diaryl/α,β-unsaturated/α-hetero) is 1. The number of hydrogen-bond donors (Lipinski definition) is 0. The van der Waals surface area contributed by atoms with E-state index in [9.17, 15) is 4.79 Å². The lowest BCUT2D eigenvalue weighted by atomic mass is 9.45. The molecule has 2 bridgehead atoms. The Kier molecular flexibility index (Phi) is 4.53. The molecule has 1 aromatic rings. The maximum Gasteiger partial charge on any atom is 0.171 e. The Bertz CT molecular complexity index is 887.